The molecular formula is C11H9Br3N4O2S2. The van der Waals surface area contributed by atoms with E-state index in [2.05, 4.69) is 63.3 Å². The van der Waals surface area contributed by atoms with Gasteiger partial charge in [0.25, 0.3) is 0 Å². The number of methoxy groups -OCH3 is 1. The zero-order valence-electron chi connectivity index (χ0n) is 11.0. The lowest BCUT2D eigenvalue weighted by molar-refractivity contribution is -0.113. The topological polar surface area (TPSA) is 90.1 Å². The Morgan fingerprint density at radius 2 is 2.14 bits per heavy atom. The maximum Gasteiger partial charge on any atom is 0.234 e. The van der Waals surface area contributed by atoms with Crippen molar-refractivity contribution in [2.45, 2.75) is 4.34 Å². The minimum Gasteiger partial charge on any atom is -0.494 e. The molecule has 0 bridgehead atoms. The average Bonchev–Trinajstić information content (AvgIpc) is 2.87. The summed E-state index contributed by atoms with van der Waals surface area (Å²) in [4.78, 5) is 12.1. The fraction of sp³-hybridized carbons (Fsp3) is 0.182. The minimum absolute atomic E-state index is 0.176. The number of rotatable bonds is 5. The molecule has 6 nitrogen and oxygen atoms in total. The van der Waals surface area contributed by atoms with Crippen LogP contribution in [0.4, 0.5) is 10.8 Å². The molecule has 0 spiro atoms. The summed E-state index contributed by atoms with van der Waals surface area (Å²) >= 11 is 12.8. The van der Waals surface area contributed by atoms with Crippen molar-refractivity contribution in [3.63, 3.8) is 0 Å². The highest BCUT2D eigenvalue weighted by Gasteiger charge is 2.17. The third kappa shape index (κ3) is 4.34. The second-order valence-electron chi connectivity index (χ2n) is 3.81. The van der Waals surface area contributed by atoms with Crippen LogP contribution in [0, 0.1) is 0 Å². The van der Waals surface area contributed by atoms with Crippen LogP contribution in [0.2, 0.25) is 0 Å². The van der Waals surface area contributed by atoms with Gasteiger partial charge < -0.3 is 15.8 Å². The molecule has 0 saturated carbocycles. The number of nitrogens with one attached hydrogen (secondary N) is 1. The summed E-state index contributed by atoms with van der Waals surface area (Å²) in [7, 11) is 1.56. The van der Waals surface area contributed by atoms with Crippen LogP contribution in [-0.2, 0) is 4.79 Å². The van der Waals surface area contributed by atoms with Gasteiger partial charge in [0, 0.05) is 4.47 Å². The van der Waals surface area contributed by atoms with E-state index in [9.17, 15) is 4.79 Å². The number of nitrogens with two attached hydrogens (primary N) is 1. The summed E-state index contributed by atoms with van der Waals surface area (Å²) in [5, 5.41) is 10.8. The van der Waals surface area contributed by atoms with E-state index in [1.807, 2.05) is 0 Å². The first kappa shape index (κ1) is 18.0. The Morgan fingerprint density at radius 3 is 2.73 bits per heavy atom. The van der Waals surface area contributed by atoms with Gasteiger partial charge in [-0.25, -0.2) is 0 Å². The van der Waals surface area contributed by atoms with E-state index >= 15 is 0 Å². The van der Waals surface area contributed by atoms with Crippen molar-refractivity contribution in [3.05, 3.63) is 19.5 Å². The van der Waals surface area contributed by atoms with E-state index in [4.69, 9.17) is 10.5 Å². The van der Waals surface area contributed by atoms with Crippen molar-refractivity contribution in [2.75, 3.05) is 23.9 Å². The second kappa shape index (κ2) is 7.95. The molecule has 2 aromatic rings. The zero-order chi connectivity index (χ0) is 16.3. The Morgan fingerprint density at radius 1 is 1.41 bits per heavy atom. The Labute approximate surface area is 160 Å². The molecule has 0 fully saturated rings. The number of nitrogens with zero attached hydrogens (tertiary/aromatic N) is 2. The summed E-state index contributed by atoms with van der Waals surface area (Å²) in [6.07, 6.45) is 0. The molecule has 1 aromatic heterocycles. The molecule has 0 radical (unpaired) electrons. The van der Waals surface area contributed by atoms with Crippen molar-refractivity contribution in [1.29, 1.82) is 0 Å². The Bertz CT molecular complexity index is 711. The maximum absolute atomic E-state index is 12.1. The van der Waals surface area contributed by atoms with Gasteiger partial charge in [-0.3, -0.25) is 4.79 Å². The third-order valence-electron chi connectivity index (χ3n) is 2.35. The van der Waals surface area contributed by atoms with E-state index < -0.39 is 0 Å². The zero-order valence-corrected chi connectivity index (χ0v) is 17.4. The lowest BCUT2D eigenvalue weighted by atomic mass is 10.3. The highest BCUT2D eigenvalue weighted by atomic mass is 79.9. The molecule has 2 rings (SSSR count). The maximum atomic E-state index is 12.1. The van der Waals surface area contributed by atoms with Crippen LogP contribution in [0.5, 0.6) is 5.75 Å². The van der Waals surface area contributed by atoms with E-state index in [0.717, 1.165) is 8.95 Å². The molecule has 0 unspecified atom stereocenters. The molecule has 1 heterocycles. The number of anilines is 2. The van der Waals surface area contributed by atoms with Gasteiger partial charge in [0.15, 0.2) is 4.34 Å². The molecule has 11 heteroatoms. The molecular weight excluding hydrogens is 524 g/mol. The van der Waals surface area contributed by atoms with Gasteiger partial charge in [0.05, 0.1) is 27.5 Å². The van der Waals surface area contributed by atoms with Gasteiger partial charge in [-0.2, -0.15) is 0 Å². The Hall–Kier alpha value is -0.360. The fourth-order valence-electron chi connectivity index (χ4n) is 1.46. The molecule has 1 aromatic carbocycles. The van der Waals surface area contributed by atoms with E-state index in [1.165, 1.54) is 23.1 Å². The van der Waals surface area contributed by atoms with Crippen LogP contribution in [-0.4, -0.2) is 29.0 Å². The molecule has 1 amide bonds. The van der Waals surface area contributed by atoms with Gasteiger partial charge in [0.1, 0.15) is 5.75 Å². The number of amides is 1. The van der Waals surface area contributed by atoms with Crippen LogP contribution in [0.3, 0.4) is 0 Å². The summed E-state index contributed by atoms with van der Waals surface area (Å²) in [6, 6.07) is 1.80. The number of carbonyl (C=O) groups excluding carboxylic acids is 1. The molecule has 0 aliphatic heterocycles. The number of ether oxygens (including phenoxy) is 1. The van der Waals surface area contributed by atoms with Crippen LogP contribution >= 0.6 is 70.9 Å². The first-order valence-corrected chi connectivity index (χ1v) is 9.83. The second-order valence-corrected chi connectivity index (χ2v) is 8.54. The summed E-state index contributed by atoms with van der Waals surface area (Å²) in [5.74, 6) is 0.624. The number of aromatic nitrogens is 2. The number of nitrogen functional groups attached to an aromatic ring is 1. The largest absolute Gasteiger partial charge is 0.494 e. The Balaban J connectivity index is 2.08. The molecule has 3 N–H and O–H groups in total. The first-order valence-electron chi connectivity index (χ1n) is 5.65. The third-order valence-corrected chi connectivity index (χ3v) is 6.20. The SMILES string of the molecule is COc1c(Br)cc(Br)c(NC(=O)CSc2nnc(N)s2)c1Br. The number of thioether (sulfide) groups is 1. The van der Waals surface area contributed by atoms with Crippen LogP contribution in [0.15, 0.2) is 23.8 Å². The number of benzene rings is 1. The lowest BCUT2D eigenvalue weighted by Gasteiger charge is -2.14. The molecule has 0 aliphatic rings. The van der Waals surface area contributed by atoms with Crippen molar-refractivity contribution in [1.82, 2.24) is 10.2 Å². The van der Waals surface area contributed by atoms with Crippen molar-refractivity contribution < 1.29 is 9.53 Å². The number of hydrogen-bond donors (Lipinski definition) is 2. The van der Waals surface area contributed by atoms with E-state index in [0.29, 0.717) is 25.4 Å². The quantitative estimate of drug-likeness (QED) is 0.562. The number of halogens is 3. The highest BCUT2D eigenvalue weighted by Crippen LogP contribution is 2.43. The van der Waals surface area contributed by atoms with E-state index in [1.54, 1.807) is 13.2 Å². The van der Waals surface area contributed by atoms with Gasteiger partial charge in [-0.1, -0.05) is 23.1 Å². The monoisotopic (exact) mass is 530 g/mol. The molecule has 22 heavy (non-hydrogen) atoms. The normalized spacial score (nSPS) is 10.5. The number of hydrogen-bond acceptors (Lipinski definition) is 7. The average molecular weight is 533 g/mol. The Kier molecular flexibility index (Phi) is 6.50. The van der Waals surface area contributed by atoms with Crippen molar-refractivity contribution in [3.8, 4) is 5.75 Å². The van der Waals surface area contributed by atoms with Crippen LogP contribution in [0.1, 0.15) is 0 Å². The minimum atomic E-state index is -0.176. The van der Waals surface area contributed by atoms with Gasteiger partial charge in [-0.05, 0) is 53.9 Å². The molecule has 118 valence electrons. The summed E-state index contributed by atoms with van der Waals surface area (Å²) in [6.45, 7) is 0. The highest BCUT2D eigenvalue weighted by molar-refractivity contribution is 9.11. The molecule has 0 aliphatic carbocycles. The van der Waals surface area contributed by atoms with Crippen LogP contribution in [0.25, 0.3) is 0 Å². The smallest absolute Gasteiger partial charge is 0.234 e. The summed E-state index contributed by atoms with van der Waals surface area (Å²) < 4.78 is 8.08. The predicted octanol–water partition coefficient (Wildman–Crippen LogP) is 4.15. The lowest BCUT2D eigenvalue weighted by Crippen LogP contribution is -2.15. The van der Waals surface area contributed by atoms with Crippen LogP contribution < -0.4 is 15.8 Å². The predicted molar refractivity (Wildman–Crippen MR) is 99.8 cm³/mol. The molecule has 0 atom stereocenters. The molecule has 0 saturated heterocycles. The van der Waals surface area contributed by atoms with E-state index in [-0.39, 0.29) is 11.7 Å². The van der Waals surface area contributed by atoms with Gasteiger partial charge >= 0.3 is 0 Å². The fourth-order valence-corrected chi connectivity index (χ4v) is 5.53. The first-order chi connectivity index (χ1) is 10.4. The van der Waals surface area contributed by atoms with Crippen molar-refractivity contribution in [2.24, 2.45) is 0 Å². The standard InChI is InChI=1S/C11H9Br3N4O2S2/c1-20-9-5(13)2-4(12)8(7(9)14)16-6(19)3-21-11-18-17-10(15)22-11/h2H,3H2,1H3,(H2,15,17)(H,16,19). The van der Waals surface area contributed by atoms with Gasteiger partial charge in [0.2, 0.25) is 11.0 Å². The van der Waals surface area contributed by atoms with Gasteiger partial charge in [-0.15, -0.1) is 10.2 Å². The van der Waals surface area contributed by atoms with Crippen molar-refractivity contribution >= 4 is 87.6 Å². The summed E-state index contributed by atoms with van der Waals surface area (Å²) in [5.41, 5.74) is 6.09. The number of carbonyl (C=O) groups is 1.